The summed E-state index contributed by atoms with van der Waals surface area (Å²) in [5.41, 5.74) is 16.6. The first-order valence-electron chi connectivity index (χ1n) is 26.1. The number of rotatable bonds is 6. The molecule has 0 unspecified atom stereocenters. The van der Waals surface area contributed by atoms with Crippen molar-refractivity contribution in [3.05, 3.63) is 260 Å². The van der Waals surface area contributed by atoms with Crippen molar-refractivity contribution in [2.75, 3.05) is 0 Å². The van der Waals surface area contributed by atoms with E-state index >= 15 is 0 Å². The molecular formula is C74H46. The molecule has 1 aliphatic rings. The zero-order chi connectivity index (χ0) is 48.4. The van der Waals surface area contributed by atoms with E-state index in [0.29, 0.717) is 0 Å². The van der Waals surface area contributed by atoms with Gasteiger partial charge in [0.25, 0.3) is 0 Å². The molecule has 0 saturated carbocycles. The van der Waals surface area contributed by atoms with Gasteiger partial charge in [0.15, 0.2) is 0 Å². The van der Waals surface area contributed by atoms with Gasteiger partial charge >= 0.3 is 0 Å². The molecule has 0 saturated heterocycles. The van der Waals surface area contributed by atoms with Crippen LogP contribution < -0.4 is 5.22 Å². The predicted molar refractivity (Wildman–Crippen MR) is 318 cm³/mol. The van der Waals surface area contributed by atoms with Crippen molar-refractivity contribution in [1.29, 1.82) is 0 Å². The lowest BCUT2D eigenvalue weighted by Gasteiger charge is -2.17. The molecule has 1 aliphatic carbocycles. The lowest BCUT2D eigenvalue weighted by atomic mass is 9.85. The van der Waals surface area contributed by atoms with Gasteiger partial charge in [-0.2, -0.15) is 0 Å². The van der Waals surface area contributed by atoms with E-state index in [9.17, 15) is 0 Å². The number of benzene rings is 13. The van der Waals surface area contributed by atoms with Crippen LogP contribution in [-0.4, -0.2) is 0 Å². The Kier molecular flexibility index (Phi) is 8.97. The van der Waals surface area contributed by atoms with E-state index in [4.69, 9.17) is 0 Å². The van der Waals surface area contributed by atoms with Gasteiger partial charge in [-0.15, -0.1) is 0 Å². The lowest BCUT2D eigenvalue weighted by molar-refractivity contribution is 1.05. The molecule has 0 heterocycles. The van der Waals surface area contributed by atoms with Gasteiger partial charge in [0.2, 0.25) is 0 Å². The van der Waals surface area contributed by atoms with E-state index in [1.165, 1.54) is 164 Å². The van der Waals surface area contributed by atoms with Crippen LogP contribution in [0.25, 0.3) is 159 Å². The third kappa shape index (κ3) is 5.91. The summed E-state index contributed by atoms with van der Waals surface area (Å²) in [6.07, 6.45) is 4.53. The fourth-order valence-corrected chi connectivity index (χ4v) is 13.6. The Bertz CT molecular complexity index is 4840. The summed E-state index contributed by atoms with van der Waals surface area (Å²) in [6, 6.07) is 93.2. The van der Waals surface area contributed by atoms with Crippen molar-refractivity contribution in [3.8, 4) is 66.8 Å². The van der Waals surface area contributed by atoms with Crippen LogP contribution in [-0.2, 0) is 6.42 Å². The average molecular weight is 935 g/mol. The minimum absolute atomic E-state index is 0.975. The molecule has 0 nitrogen and oxygen atoms in total. The van der Waals surface area contributed by atoms with Gasteiger partial charge in [-0.25, -0.2) is 0 Å². The predicted octanol–water partition coefficient (Wildman–Crippen LogP) is 19.8. The fourth-order valence-electron chi connectivity index (χ4n) is 13.6. The molecule has 0 atom stereocenters. The summed E-state index contributed by atoms with van der Waals surface area (Å²) in [5, 5.41) is 22.7. The molecule has 342 valence electrons. The molecule has 0 spiro atoms. The van der Waals surface area contributed by atoms with Crippen LogP contribution in [0.3, 0.4) is 0 Å². The molecule has 0 amide bonds. The maximum atomic E-state index is 2.62. The topological polar surface area (TPSA) is 0 Å². The van der Waals surface area contributed by atoms with E-state index < -0.39 is 0 Å². The van der Waals surface area contributed by atoms with Crippen molar-refractivity contribution in [3.63, 3.8) is 0 Å². The molecule has 15 aromatic carbocycles. The van der Waals surface area contributed by atoms with Crippen molar-refractivity contribution in [1.82, 2.24) is 0 Å². The highest BCUT2D eigenvalue weighted by Gasteiger charge is 2.29. The second-order valence-corrected chi connectivity index (χ2v) is 20.4. The number of hydrogen-bond donors (Lipinski definition) is 0. The summed E-state index contributed by atoms with van der Waals surface area (Å²) >= 11 is 0. The van der Waals surface area contributed by atoms with Gasteiger partial charge in [0.1, 0.15) is 0 Å². The van der Waals surface area contributed by atoms with Crippen LogP contribution in [0.1, 0.15) is 12.0 Å². The summed E-state index contributed by atoms with van der Waals surface area (Å²) < 4.78 is 0. The highest BCUT2D eigenvalue weighted by atomic mass is 14.3. The van der Waals surface area contributed by atoms with Crippen LogP contribution in [0.5, 0.6) is 0 Å². The normalized spacial score (nSPS) is 12.6. The summed E-state index contributed by atoms with van der Waals surface area (Å²) in [6.45, 7) is 0. The minimum Gasteiger partial charge on any atom is -0.0756 e. The van der Waals surface area contributed by atoms with Gasteiger partial charge in [0.05, 0.1) is 0 Å². The molecule has 0 fully saturated rings. The zero-order valence-corrected chi connectivity index (χ0v) is 40.7. The van der Waals surface area contributed by atoms with E-state index in [2.05, 4.69) is 255 Å². The number of hydrogen-bond acceptors (Lipinski definition) is 0. The molecule has 0 aliphatic heterocycles. The average Bonchev–Trinajstić information content (AvgIpc) is 4.03. The Morgan fingerprint density at radius 3 is 1.11 bits per heavy atom. The smallest absolute Gasteiger partial charge is 0.000719 e. The van der Waals surface area contributed by atoms with Crippen molar-refractivity contribution in [2.24, 2.45) is 0 Å². The van der Waals surface area contributed by atoms with Gasteiger partial charge < -0.3 is 0 Å². The Labute approximate surface area is 429 Å². The Morgan fingerprint density at radius 2 is 0.568 bits per heavy atom. The van der Waals surface area contributed by atoms with Crippen LogP contribution in [0.15, 0.2) is 249 Å². The van der Waals surface area contributed by atoms with E-state index in [1.807, 2.05) is 0 Å². The molecule has 15 aromatic rings. The van der Waals surface area contributed by atoms with Crippen LogP contribution in [0, 0.1) is 0 Å². The highest BCUT2D eigenvalue weighted by molar-refractivity contribution is 6.43. The summed E-state index contributed by atoms with van der Waals surface area (Å²) in [7, 11) is 0. The van der Waals surface area contributed by atoms with E-state index in [0.717, 1.165) is 12.8 Å². The summed E-state index contributed by atoms with van der Waals surface area (Å²) in [5.74, 6) is 0. The first kappa shape index (κ1) is 41.3. The van der Waals surface area contributed by atoms with Crippen LogP contribution in [0.4, 0.5) is 0 Å². The molecule has 0 radical (unpaired) electrons. The lowest BCUT2D eigenvalue weighted by Crippen LogP contribution is -2.08. The van der Waals surface area contributed by atoms with Gasteiger partial charge in [0, 0.05) is 0 Å². The number of aryl methyl sites for hydroxylation is 1. The van der Waals surface area contributed by atoms with Crippen molar-refractivity contribution in [2.45, 2.75) is 12.8 Å². The SMILES string of the molecule is C1=c2c3c(c4cc5c6c(-c7ccccc7)c7ccccc7c(-c7cccc(-c8ccccc8)c7)c6c6cccc(c4cc3c3c(-c4ccccc4)c4ccccc4c(-c4cccc(-c7ccccc7)c4)c23)c65)CC1. The minimum atomic E-state index is 0.975. The standard InChI is InChI=1S/C74H46/c1-5-21-45(22-6-1)49-29-17-31-51(41-49)67-55-35-15-13-33-53(55)65(47-25-9-3-10-26-47)73-63-43-61-58-38-20-40-60-70(58)64(44-62(61)57-37-19-39-59(69(57)63)71(67)73)74-66(48-27-11-4-12-28-48)54-34-14-16-36-56(54)68(72(60)74)52-32-18-30-50(42-52)46-23-7-2-8-24-46/h1-19,21-37,39-44H,20,38H2. The molecule has 0 heteroatoms. The second-order valence-electron chi connectivity index (χ2n) is 20.4. The third-order valence-corrected chi connectivity index (χ3v) is 16.6. The van der Waals surface area contributed by atoms with Gasteiger partial charge in [-0.3, -0.25) is 0 Å². The molecule has 0 aromatic heterocycles. The first-order chi connectivity index (χ1) is 36.8. The van der Waals surface area contributed by atoms with Crippen molar-refractivity contribution < 1.29 is 0 Å². The molecular weight excluding hydrogens is 889 g/mol. The van der Waals surface area contributed by atoms with E-state index in [1.54, 1.807) is 0 Å². The zero-order valence-electron chi connectivity index (χ0n) is 40.7. The van der Waals surface area contributed by atoms with Crippen LogP contribution in [0.2, 0.25) is 0 Å². The van der Waals surface area contributed by atoms with Crippen LogP contribution >= 0.6 is 0 Å². The first-order valence-corrected chi connectivity index (χ1v) is 26.1. The molecule has 16 rings (SSSR count). The largest absolute Gasteiger partial charge is 0.0756 e. The van der Waals surface area contributed by atoms with Gasteiger partial charge in [-0.05, 0) is 201 Å². The van der Waals surface area contributed by atoms with E-state index in [-0.39, 0.29) is 0 Å². The quantitative estimate of drug-likeness (QED) is 0.146. The molecule has 0 bridgehead atoms. The maximum absolute atomic E-state index is 2.62. The van der Waals surface area contributed by atoms with Crippen molar-refractivity contribution >= 4 is 92.3 Å². The fraction of sp³-hybridized carbons (Fsp3) is 0.0270. The van der Waals surface area contributed by atoms with Gasteiger partial charge in [-0.1, -0.05) is 231 Å². The monoisotopic (exact) mass is 934 g/mol. The maximum Gasteiger partial charge on any atom is -0.000719 e. The molecule has 74 heavy (non-hydrogen) atoms. The number of fused-ring (bicyclic) bond motifs is 11. The summed E-state index contributed by atoms with van der Waals surface area (Å²) in [4.78, 5) is 0. The highest BCUT2D eigenvalue weighted by Crippen LogP contribution is 2.55. The Morgan fingerprint density at radius 1 is 0.203 bits per heavy atom. The molecule has 0 N–H and O–H groups in total. The third-order valence-electron chi connectivity index (χ3n) is 16.6. The second kappa shape index (κ2) is 16.1. The Hall–Kier alpha value is -9.36. The Balaban J connectivity index is 1.09.